The first-order chi connectivity index (χ1) is 13.7. The number of carbonyl (C=O) groups excluding carboxylic acids is 1. The van der Waals surface area contributed by atoms with E-state index in [0.29, 0.717) is 11.6 Å². The molecule has 0 unspecified atom stereocenters. The summed E-state index contributed by atoms with van der Waals surface area (Å²) in [6.07, 6.45) is 10.5. The maximum absolute atomic E-state index is 11.8. The minimum absolute atomic E-state index is 0. The Morgan fingerprint density at radius 2 is 1.86 bits per heavy atom. The van der Waals surface area contributed by atoms with Crippen LogP contribution in [-0.2, 0) is 32.7 Å². The van der Waals surface area contributed by atoms with Crippen molar-refractivity contribution >= 4 is 27.9 Å². The molecule has 2 heterocycles. The fourth-order valence-electron chi connectivity index (χ4n) is 4.29. The summed E-state index contributed by atoms with van der Waals surface area (Å²) in [6.45, 7) is 1.60. The molecule has 2 aromatic heterocycles. The predicted molar refractivity (Wildman–Crippen MR) is 109 cm³/mol. The number of rotatable bonds is 3. The molecule has 2 aromatic carbocycles. The first kappa shape index (κ1) is 20.3. The van der Waals surface area contributed by atoms with Crippen molar-refractivity contribution in [3.05, 3.63) is 54.4 Å². The SMILES string of the molecule is CC(=O)c1ccc2c(c1)nc(-c1ccc3n[c-]cnc3c1)n2C1CCCCC1.[Y]. The molecule has 0 saturated heterocycles. The summed E-state index contributed by atoms with van der Waals surface area (Å²) in [5, 5.41) is 0. The summed E-state index contributed by atoms with van der Waals surface area (Å²) in [5.74, 6) is 1.01. The van der Waals surface area contributed by atoms with Gasteiger partial charge >= 0.3 is 0 Å². The van der Waals surface area contributed by atoms with Gasteiger partial charge in [0, 0.05) is 55.4 Å². The Kier molecular flexibility index (Phi) is 5.89. The predicted octanol–water partition coefficient (Wildman–Crippen LogP) is 5.15. The number of imidazole rings is 1. The standard InChI is InChI=1S/C23H21N4O.Y/c1-15(28)16-8-10-22-21(13-16)26-23(27(22)18-5-3-2-4-6-18)17-7-9-19-20(14-17)25-12-11-24-19;/h7-10,12-14,18H,2-6H2,1H3;/q-1;. The van der Waals surface area contributed by atoms with Gasteiger partial charge in [-0.2, -0.15) is 0 Å². The van der Waals surface area contributed by atoms with E-state index in [4.69, 9.17) is 4.98 Å². The molecule has 1 aliphatic carbocycles. The van der Waals surface area contributed by atoms with E-state index in [1.54, 1.807) is 13.1 Å². The van der Waals surface area contributed by atoms with Crippen molar-refractivity contribution in [3.63, 3.8) is 0 Å². The number of Topliss-reactive ketones (excluding diaryl/α,β-unsaturated/α-hetero) is 1. The molecule has 0 N–H and O–H groups in total. The Balaban J connectivity index is 0.00000205. The molecule has 29 heavy (non-hydrogen) atoms. The largest absolute Gasteiger partial charge is 0.448 e. The van der Waals surface area contributed by atoms with Crippen LogP contribution in [-0.4, -0.2) is 25.3 Å². The topological polar surface area (TPSA) is 60.7 Å². The second-order valence-corrected chi connectivity index (χ2v) is 7.56. The van der Waals surface area contributed by atoms with Gasteiger partial charge in [-0.25, -0.2) is 4.98 Å². The molecule has 1 fully saturated rings. The maximum Gasteiger partial charge on any atom is 0.159 e. The van der Waals surface area contributed by atoms with Crippen LogP contribution in [0.2, 0.25) is 0 Å². The van der Waals surface area contributed by atoms with Gasteiger partial charge in [-0.3, -0.25) is 9.78 Å². The fraction of sp³-hybridized carbons (Fsp3) is 0.304. The molecule has 5 nitrogen and oxygen atoms in total. The average molecular weight is 458 g/mol. The van der Waals surface area contributed by atoms with Gasteiger partial charge in [-0.05, 0) is 50.2 Å². The molecule has 0 spiro atoms. The zero-order chi connectivity index (χ0) is 19.1. The molecule has 1 radical (unpaired) electrons. The van der Waals surface area contributed by atoms with Crippen molar-refractivity contribution in [2.45, 2.75) is 45.1 Å². The van der Waals surface area contributed by atoms with Crippen LogP contribution in [0.4, 0.5) is 0 Å². The second kappa shape index (κ2) is 8.41. The smallest absolute Gasteiger partial charge is 0.159 e. The van der Waals surface area contributed by atoms with Gasteiger partial charge in [0.25, 0.3) is 0 Å². The third kappa shape index (κ3) is 3.78. The molecule has 0 bridgehead atoms. The molecule has 0 amide bonds. The van der Waals surface area contributed by atoms with Gasteiger partial charge in [0.2, 0.25) is 0 Å². The monoisotopic (exact) mass is 458 g/mol. The summed E-state index contributed by atoms with van der Waals surface area (Å²) >= 11 is 0. The Hall–Kier alpha value is -1.98. The van der Waals surface area contributed by atoms with Crippen LogP contribution in [0.1, 0.15) is 55.4 Å². The first-order valence-corrected chi connectivity index (χ1v) is 9.87. The molecule has 4 aromatic rings. The molecule has 5 rings (SSSR count). The normalized spacial score (nSPS) is 14.8. The van der Waals surface area contributed by atoms with E-state index in [-0.39, 0.29) is 38.5 Å². The van der Waals surface area contributed by atoms with E-state index in [0.717, 1.165) is 46.3 Å². The van der Waals surface area contributed by atoms with Crippen molar-refractivity contribution in [1.29, 1.82) is 0 Å². The third-order valence-electron chi connectivity index (χ3n) is 5.72. The van der Waals surface area contributed by atoms with Crippen LogP contribution in [0.3, 0.4) is 0 Å². The van der Waals surface area contributed by atoms with Crippen LogP contribution >= 0.6 is 0 Å². The maximum atomic E-state index is 11.8. The molecule has 1 saturated carbocycles. The molecule has 6 heteroatoms. The number of hydrogen-bond donors (Lipinski definition) is 0. The number of hydrogen-bond acceptors (Lipinski definition) is 4. The Bertz CT molecular complexity index is 1190. The van der Waals surface area contributed by atoms with Crippen LogP contribution in [0.5, 0.6) is 0 Å². The van der Waals surface area contributed by atoms with E-state index >= 15 is 0 Å². The Morgan fingerprint density at radius 1 is 1.03 bits per heavy atom. The van der Waals surface area contributed by atoms with Crippen molar-refractivity contribution < 1.29 is 37.5 Å². The molecule has 0 atom stereocenters. The Labute approximate surface area is 194 Å². The summed E-state index contributed by atoms with van der Waals surface area (Å²) in [4.78, 5) is 25.5. The summed E-state index contributed by atoms with van der Waals surface area (Å²) in [7, 11) is 0. The molecular formula is C23H21N4OY-. The quantitative estimate of drug-likeness (QED) is 0.315. The van der Waals surface area contributed by atoms with E-state index in [9.17, 15) is 4.79 Å². The van der Waals surface area contributed by atoms with Gasteiger partial charge in [0.15, 0.2) is 5.78 Å². The van der Waals surface area contributed by atoms with Crippen molar-refractivity contribution in [2.24, 2.45) is 0 Å². The van der Waals surface area contributed by atoms with Crippen molar-refractivity contribution in [3.8, 4) is 11.4 Å². The van der Waals surface area contributed by atoms with E-state index in [2.05, 4.69) is 26.8 Å². The Morgan fingerprint density at radius 3 is 2.66 bits per heavy atom. The molecular weight excluding hydrogens is 437 g/mol. The average Bonchev–Trinajstić information content (AvgIpc) is 3.12. The van der Waals surface area contributed by atoms with Gasteiger partial charge in [-0.1, -0.05) is 30.8 Å². The number of nitrogens with zero attached hydrogens (tertiary/aromatic N) is 4. The minimum atomic E-state index is 0. The van der Waals surface area contributed by atoms with Crippen LogP contribution in [0, 0.1) is 6.20 Å². The zero-order valence-corrected chi connectivity index (χ0v) is 19.3. The minimum Gasteiger partial charge on any atom is -0.448 e. The second-order valence-electron chi connectivity index (χ2n) is 7.56. The van der Waals surface area contributed by atoms with E-state index in [1.807, 2.05) is 30.3 Å². The first-order valence-electron chi connectivity index (χ1n) is 9.87. The number of fused-ring (bicyclic) bond motifs is 2. The van der Waals surface area contributed by atoms with Crippen LogP contribution in [0.15, 0.2) is 42.6 Å². The van der Waals surface area contributed by atoms with Crippen molar-refractivity contribution in [1.82, 2.24) is 19.5 Å². The van der Waals surface area contributed by atoms with E-state index < -0.39 is 0 Å². The van der Waals surface area contributed by atoms with Gasteiger partial charge in [0.05, 0.1) is 11.0 Å². The number of benzene rings is 2. The molecule has 0 aliphatic heterocycles. The number of carbonyl (C=O) groups is 1. The molecule has 1 aliphatic rings. The third-order valence-corrected chi connectivity index (χ3v) is 5.72. The summed E-state index contributed by atoms with van der Waals surface area (Å²) < 4.78 is 2.38. The van der Waals surface area contributed by atoms with Crippen LogP contribution in [0.25, 0.3) is 33.5 Å². The number of aromatic nitrogens is 4. The summed E-state index contributed by atoms with van der Waals surface area (Å²) in [5.41, 5.74) is 5.36. The number of ketones is 1. The van der Waals surface area contributed by atoms with Crippen molar-refractivity contribution in [2.75, 3.05) is 0 Å². The summed E-state index contributed by atoms with van der Waals surface area (Å²) in [6, 6.07) is 12.4. The van der Waals surface area contributed by atoms with Gasteiger partial charge in [0.1, 0.15) is 5.82 Å². The zero-order valence-electron chi connectivity index (χ0n) is 16.4. The molecule has 143 valence electrons. The van der Waals surface area contributed by atoms with Gasteiger partial charge in [-0.15, -0.1) is 12.3 Å². The van der Waals surface area contributed by atoms with Gasteiger partial charge < -0.3 is 9.55 Å². The fourth-order valence-corrected chi connectivity index (χ4v) is 4.29. The van der Waals surface area contributed by atoms with E-state index in [1.165, 1.54) is 19.3 Å². The van der Waals surface area contributed by atoms with Crippen LogP contribution < -0.4 is 0 Å².